The molecule has 0 spiro atoms. The quantitative estimate of drug-likeness (QED) is 0.671. The standard InChI is InChI=1S/C11H9N3O2/c15-11-7-8(5-6-16-11)14-10-4-2-1-3-9(10)12-13-14/h1-4,7H,5-6H2. The van der Waals surface area contributed by atoms with Crippen LogP contribution in [0.2, 0.25) is 0 Å². The van der Waals surface area contributed by atoms with Gasteiger partial charge in [-0.15, -0.1) is 5.10 Å². The molecule has 0 saturated carbocycles. The van der Waals surface area contributed by atoms with Gasteiger partial charge in [-0.05, 0) is 12.1 Å². The molecule has 0 amide bonds. The van der Waals surface area contributed by atoms with Gasteiger partial charge in [0.2, 0.25) is 0 Å². The van der Waals surface area contributed by atoms with Gasteiger partial charge >= 0.3 is 5.97 Å². The van der Waals surface area contributed by atoms with Crippen molar-refractivity contribution in [3.05, 3.63) is 30.3 Å². The van der Waals surface area contributed by atoms with E-state index in [0.717, 1.165) is 16.7 Å². The number of carbonyl (C=O) groups excluding carboxylic acids is 1. The van der Waals surface area contributed by atoms with E-state index in [1.54, 1.807) is 4.68 Å². The summed E-state index contributed by atoms with van der Waals surface area (Å²) in [6, 6.07) is 7.64. The molecular formula is C11H9N3O2. The third kappa shape index (κ3) is 1.37. The van der Waals surface area contributed by atoms with Crippen molar-refractivity contribution in [3.8, 4) is 0 Å². The Bertz CT molecular complexity index is 586. The first kappa shape index (κ1) is 9.08. The van der Waals surface area contributed by atoms with Crippen LogP contribution in [0.15, 0.2) is 30.3 Å². The molecule has 5 nitrogen and oxygen atoms in total. The van der Waals surface area contributed by atoms with Crippen LogP contribution in [0.25, 0.3) is 16.7 Å². The fourth-order valence-corrected chi connectivity index (χ4v) is 1.75. The summed E-state index contributed by atoms with van der Waals surface area (Å²) >= 11 is 0. The minimum Gasteiger partial charge on any atom is -0.462 e. The van der Waals surface area contributed by atoms with Crippen LogP contribution in [0.4, 0.5) is 0 Å². The van der Waals surface area contributed by atoms with Crippen molar-refractivity contribution in [2.75, 3.05) is 6.61 Å². The predicted molar refractivity (Wildman–Crippen MR) is 57.4 cm³/mol. The molecule has 0 radical (unpaired) electrons. The van der Waals surface area contributed by atoms with Gasteiger partial charge in [0, 0.05) is 12.5 Å². The molecule has 0 atom stereocenters. The number of benzene rings is 1. The molecular weight excluding hydrogens is 206 g/mol. The maximum absolute atomic E-state index is 11.1. The monoisotopic (exact) mass is 215 g/mol. The van der Waals surface area contributed by atoms with E-state index in [9.17, 15) is 4.79 Å². The molecule has 1 aliphatic rings. The second-order valence-electron chi connectivity index (χ2n) is 3.54. The number of carbonyl (C=O) groups is 1. The molecule has 0 unspecified atom stereocenters. The van der Waals surface area contributed by atoms with E-state index >= 15 is 0 Å². The SMILES string of the molecule is O=C1C=C(n2nnc3ccccc32)CCO1. The summed E-state index contributed by atoms with van der Waals surface area (Å²) in [6.07, 6.45) is 2.13. The van der Waals surface area contributed by atoms with E-state index in [2.05, 4.69) is 10.3 Å². The first-order valence-corrected chi connectivity index (χ1v) is 5.03. The average Bonchev–Trinajstić information content (AvgIpc) is 2.72. The van der Waals surface area contributed by atoms with Gasteiger partial charge < -0.3 is 4.74 Å². The molecule has 1 aromatic carbocycles. The second kappa shape index (κ2) is 3.44. The van der Waals surface area contributed by atoms with Gasteiger partial charge in [0.1, 0.15) is 5.52 Å². The fourth-order valence-electron chi connectivity index (χ4n) is 1.75. The number of hydrogen-bond acceptors (Lipinski definition) is 4. The fraction of sp³-hybridized carbons (Fsp3) is 0.182. The largest absolute Gasteiger partial charge is 0.462 e. The Morgan fingerprint density at radius 1 is 1.31 bits per heavy atom. The van der Waals surface area contributed by atoms with Gasteiger partial charge in [-0.25, -0.2) is 9.48 Å². The molecule has 16 heavy (non-hydrogen) atoms. The summed E-state index contributed by atoms with van der Waals surface area (Å²) < 4.78 is 6.53. The van der Waals surface area contributed by atoms with Crippen molar-refractivity contribution in [1.29, 1.82) is 0 Å². The maximum atomic E-state index is 11.1. The van der Waals surface area contributed by atoms with E-state index < -0.39 is 0 Å². The molecule has 0 N–H and O–H groups in total. The zero-order valence-electron chi connectivity index (χ0n) is 8.46. The Kier molecular flexibility index (Phi) is 1.96. The van der Waals surface area contributed by atoms with Crippen LogP contribution < -0.4 is 0 Å². The number of cyclic esters (lactones) is 1. The Hall–Kier alpha value is -2.17. The molecule has 0 fully saturated rings. The van der Waals surface area contributed by atoms with Crippen molar-refractivity contribution in [2.24, 2.45) is 0 Å². The number of hydrogen-bond donors (Lipinski definition) is 0. The third-order valence-electron chi connectivity index (χ3n) is 2.51. The molecule has 80 valence electrons. The Morgan fingerprint density at radius 2 is 2.19 bits per heavy atom. The van der Waals surface area contributed by atoms with Crippen molar-refractivity contribution in [3.63, 3.8) is 0 Å². The van der Waals surface area contributed by atoms with E-state index in [1.165, 1.54) is 6.08 Å². The van der Waals surface area contributed by atoms with Gasteiger partial charge in [0.25, 0.3) is 0 Å². The molecule has 5 heteroatoms. The first-order chi connectivity index (χ1) is 7.84. The number of rotatable bonds is 1. The predicted octanol–water partition coefficient (Wildman–Crippen LogP) is 1.22. The summed E-state index contributed by atoms with van der Waals surface area (Å²) in [6.45, 7) is 0.402. The van der Waals surface area contributed by atoms with Gasteiger partial charge in [-0.1, -0.05) is 17.3 Å². The molecule has 2 heterocycles. The molecule has 0 bridgehead atoms. The number of nitrogens with zero attached hydrogens (tertiary/aromatic N) is 3. The molecule has 1 aliphatic heterocycles. The highest BCUT2D eigenvalue weighted by Crippen LogP contribution is 2.19. The minimum atomic E-state index is -0.319. The third-order valence-corrected chi connectivity index (χ3v) is 2.51. The summed E-state index contributed by atoms with van der Waals surface area (Å²) in [5.41, 5.74) is 2.55. The van der Waals surface area contributed by atoms with Gasteiger partial charge in [-0.3, -0.25) is 0 Å². The lowest BCUT2D eigenvalue weighted by molar-refractivity contribution is -0.138. The minimum absolute atomic E-state index is 0.319. The van der Waals surface area contributed by atoms with Crippen LogP contribution in [0, 0.1) is 0 Å². The van der Waals surface area contributed by atoms with E-state index in [-0.39, 0.29) is 5.97 Å². The molecule has 3 rings (SSSR count). The van der Waals surface area contributed by atoms with Crippen LogP contribution in [-0.2, 0) is 9.53 Å². The smallest absolute Gasteiger partial charge is 0.332 e. The summed E-state index contributed by atoms with van der Waals surface area (Å²) in [7, 11) is 0. The topological polar surface area (TPSA) is 57.0 Å². The lowest BCUT2D eigenvalue weighted by Crippen LogP contribution is -2.14. The average molecular weight is 215 g/mol. The highest BCUT2D eigenvalue weighted by Gasteiger charge is 2.15. The van der Waals surface area contributed by atoms with Crippen molar-refractivity contribution < 1.29 is 9.53 Å². The second-order valence-corrected chi connectivity index (χ2v) is 3.54. The zero-order valence-corrected chi connectivity index (χ0v) is 8.46. The van der Waals surface area contributed by atoms with E-state index in [4.69, 9.17) is 4.74 Å². The summed E-state index contributed by atoms with van der Waals surface area (Å²) in [5.74, 6) is -0.319. The Morgan fingerprint density at radius 3 is 3.06 bits per heavy atom. The highest BCUT2D eigenvalue weighted by molar-refractivity contribution is 5.90. The van der Waals surface area contributed by atoms with Crippen molar-refractivity contribution in [2.45, 2.75) is 6.42 Å². The maximum Gasteiger partial charge on any atom is 0.332 e. The lowest BCUT2D eigenvalue weighted by atomic mass is 10.2. The van der Waals surface area contributed by atoms with Gasteiger partial charge in [0.05, 0.1) is 17.8 Å². The Labute approximate surface area is 91.3 Å². The number of esters is 1. The van der Waals surface area contributed by atoms with Gasteiger partial charge in [0.15, 0.2) is 0 Å². The molecule has 1 aromatic heterocycles. The van der Waals surface area contributed by atoms with Crippen LogP contribution in [0.5, 0.6) is 0 Å². The number of aromatic nitrogens is 3. The van der Waals surface area contributed by atoms with Gasteiger partial charge in [-0.2, -0.15) is 0 Å². The number of fused-ring (bicyclic) bond motifs is 1. The first-order valence-electron chi connectivity index (χ1n) is 5.03. The lowest BCUT2D eigenvalue weighted by Gasteiger charge is -2.12. The van der Waals surface area contributed by atoms with Crippen LogP contribution in [0.1, 0.15) is 6.42 Å². The molecule has 2 aromatic rings. The van der Waals surface area contributed by atoms with Crippen molar-refractivity contribution >= 4 is 22.7 Å². The molecule has 0 aliphatic carbocycles. The van der Waals surface area contributed by atoms with Crippen LogP contribution in [-0.4, -0.2) is 27.6 Å². The van der Waals surface area contributed by atoms with Crippen LogP contribution in [0.3, 0.4) is 0 Å². The zero-order chi connectivity index (χ0) is 11.0. The number of ether oxygens (including phenoxy) is 1. The summed E-state index contributed by atoms with van der Waals surface area (Å²) in [4.78, 5) is 11.1. The van der Waals surface area contributed by atoms with E-state index in [1.807, 2.05) is 24.3 Å². The van der Waals surface area contributed by atoms with Crippen molar-refractivity contribution in [1.82, 2.24) is 15.0 Å². The number of para-hydroxylation sites is 1. The summed E-state index contributed by atoms with van der Waals surface area (Å²) in [5, 5.41) is 8.08. The molecule has 0 saturated heterocycles. The van der Waals surface area contributed by atoms with E-state index in [0.29, 0.717) is 13.0 Å². The highest BCUT2D eigenvalue weighted by atomic mass is 16.5. The normalized spacial score (nSPS) is 16.0. The van der Waals surface area contributed by atoms with Crippen LogP contribution >= 0.6 is 0 Å². The Balaban J connectivity index is 2.15.